The van der Waals surface area contributed by atoms with Gasteiger partial charge >= 0.3 is 5.97 Å². The number of hydrogen-bond donors (Lipinski definition) is 2. The summed E-state index contributed by atoms with van der Waals surface area (Å²) in [5.41, 5.74) is 0. The summed E-state index contributed by atoms with van der Waals surface area (Å²) >= 11 is 4.56. The molecule has 0 aromatic carbocycles. The second-order valence-electron chi connectivity index (χ2n) is 3.46. The number of carbonyl (C=O) groups is 2. The van der Waals surface area contributed by atoms with Gasteiger partial charge in [-0.2, -0.15) is 11.8 Å². The number of hydrogen-bond acceptors (Lipinski definition) is 5. The summed E-state index contributed by atoms with van der Waals surface area (Å²) in [5.74, 6) is -0.237. The number of thioether (sulfide) groups is 2. The molecule has 1 heterocycles. The van der Waals surface area contributed by atoms with E-state index >= 15 is 0 Å². The molecule has 0 aliphatic carbocycles. The van der Waals surface area contributed by atoms with Crippen LogP contribution in [-0.4, -0.2) is 40.8 Å². The highest BCUT2D eigenvalue weighted by Gasteiger charge is 2.19. The fourth-order valence-corrected chi connectivity index (χ4v) is 3.28. The van der Waals surface area contributed by atoms with Crippen LogP contribution >= 0.6 is 34.9 Å². The van der Waals surface area contributed by atoms with Crippen LogP contribution in [0.5, 0.6) is 0 Å². The quantitative estimate of drug-likeness (QED) is 0.721. The van der Waals surface area contributed by atoms with Gasteiger partial charge in [0.05, 0.1) is 9.96 Å². The molecule has 100 valence electrons. The van der Waals surface area contributed by atoms with Crippen molar-refractivity contribution in [3.63, 3.8) is 0 Å². The normalized spacial score (nSPS) is 12.1. The molecular formula is C11H15NO3S3. The summed E-state index contributed by atoms with van der Waals surface area (Å²) in [4.78, 5) is 22.6. The molecule has 0 saturated carbocycles. The van der Waals surface area contributed by atoms with Crippen molar-refractivity contribution in [3.8, 4) is 0 Å². The maximum absolute atomic E-state index is 11.6. The van der Waals surface area contributed by atoms with Gasteiger partial charge in [0.15, 0.2) is 0 Å². The molecule has 2 N–H and O–H groups in total. The summed E-state index contributed by atoms with van der Waals surface area (Å²) in [6, 6.07) is 3.07. The molecule has 0 saturated heterocycles. The van der Waals surface area contributed by atoms with Crippen LogP contribution in [0.4, 0.5) is 0 Å². The molecule has 18 heavy (non-hydrogen) atoms. The third kappa shape index (κ3) is 5.79. The van der Waals surface area contributed by atoms with Gasteiger partial charge in [-0.3, -0.25) is 4.79 Å². The molecule has 0 bridgehead atoms. The largest absolute Gasteiger partial charge is 0.480 e. The van der Waals surface area contributed by atoms with E-state index in [2.05, 4.69) is 5.32 Å². The van der Waals surface area contributed by atoms with Gasteiger partial charge in [0.25, 0.3) is 0 Å². The molecule has 0 aliphatic rings. The van der Waals surface area contributed by atoms with E-state index in [1.165, 1.54) is 11.8 Å². The van der Waals surface area contributed by atoms with Crippen LogP contribution in [-0.2, 0) is 9.59 Å². The smallest absolute Gasteiger partial charge is 0.326 e. The summed E-state index contributed by atoms with van der Waals surface area (Å²) in [5, 5.41) is 13.5. The zero-order valence-electron chi connectivity index (χ0n) is 9.92. The minimum atomic E-state index is -0.974. The number of carbonyl (C=O) groups excluding carboxylic acids is 1. The Balaban J connectivity index is 2.34. The third-order valence-electron chi connectivity index (χ3n) is 2.08. The summed E-state index contributed by atoms with van der Waals surface area (Å²) in [6.07, 6.45) is 2.36. The summed E-state index contributed by atoms with van der Waals surface area (Å²) in [6.45, 7) is 0. The number of aliphatic carboxylic acids is 1. The van der Waals surface area contributed by atoms with Crippen LogP contribution in [0, 0.1) is 0 Å². The van der Waals surface area contributed by atoms with Crippen LogP contribution in [0.25, 0.3) is 0 Å². The second-order valence-corrected chi connectivity index (χ2v) is 6.67. The van der Waals surface area contributed by atoms with Gasteiger partial charge < -0.3 is 10.4 Å². The minimum Gasteiger partial charge on any atom is -0.480 e. The zero-order chi connectivity index (χ0) is 13.4. The highest BCUT2D eigenvalue weighted by atomic mass is 32.2. The number of amides is 1. The van der Waals surface area contributed by atoms with Gasteiger partial charge in [0.1, 0.15) is 6.04 Å². The molecule has 4 nitrogen and oxygen atoms in total. The fourth-order valence-electron chi connectivity index (χ4n) is 1.21. The van der Waals surface area contributed by atoms with E-state index in [4.69, 9.17) is 5.11 Å². The highest BCUT2D eigenvalue weighted by Crippen LogP contribution is 2.22. The predicted molar refractivity (Wildman–Crippen MR) is 77.6 cm³/mol. The Hall–Kier alpha value is -0.660. The van der Waals surface area contributed by atoms with Gasteiger partial charge in [-0.25, -0.2) is 4.79 Å². The lowest BCUT2D eigenvalue weighted by atomic mass is 10.2. The Bertz CT molecular complexity index is 381. The van der Waals surface area contributed by atoms with Gasteiger partial charge in [-0.05, 0) is 29.9 Å². The van der Waals surface area contributed by atoms with Gasteiger partial charge in [0.2, 0.25) is 5.91 Å². The molecule has 0 unspecified atom stereocenters. The molecular weight excluding hydrogens is 290 g/mol. The average molecular weight is 305 g/mol. The monoisotopic (exact) mass is 305 g/mol. The van der Waals surface area contributed by atoms with E-state index < -0.39 is 12.0 Å². The zero-order valence-corrected chi connectivity index (χ0v) is 12.4. The van der Waals surface area contributed by atoms with Crippen molar-refractivity contribution in [3.05, 3.63) is 17.5 Å². The van der Waals surface area contributed by atoms with E-state index in [9.17, 15) is 9.59 Å². The highest BCUT2D eigenvalue weighted by molar-refractivity contribution is 8.01. The van der Waals surface area contributed by atoms with Crippen molar-refractivity contribution in [1.82, 2.24) is 5.32 Å². The number of rotatable bonds is 8. The standard InChI is InChI=1S/C11H15NO3S3/c1-16-6-4-8(11(14)15)12-9(13)7-18-10-3-2-5-17-10/h2-3,5,8H,4,6-7H2,1H3,(H,12,13)(H,14,15)/t8-/m0/s1. The van der Waals surface area contributed by atoms with E-state index in [1.807, 2.05) is 23.8 Å². The molecule has 1 amide bonds. The first-order valence-electron chi connectivity index (χ1n) is 5.31. The van der Waals surface area contributed by atoms with E-state index in [-0.39, 0.29) is 11.7 Å². The van der Waals surface area contributed by atoms with Crippen molar-refractivity contribution in [1.29, 1.82) is 0 Å². The van der Waals surface area contributed by atoms with Gasteiger partial charge in [0, 0.05) is 0 Å². The fraction of sp³-hybridized carbons (Fsp3) is 0.455. The summed E-state index contributed by atoms with van der Waals surface area (Å²) < 4.78 is 1.06. The number of nitrogens with one attached hydrogen (secondary N) is 1. The molecule has 0 aliphatic heterocycles. The first-order valence-corrected chi connectivity index (χ1v) is 8.56. The van der Waals surface area contributed by atoms with E-state index in [0.717, 1.165) is 9.96 Å². The second kappa shape index (κ2) is 8.44. The number of thiophene rings is 1. The lowest BCUT2D eigenvalue weighted by Gasteiger charge is -2.13. The summed E-state index contributed by atoms with van der Waals surface area (Å²) in [7, 11) is 0. The molecule has 1 aromatic rings. The van der Waals surface area contributed by atoms with Crippen LogP contribution < -0.4 is 5.32 Å². The molecule has 7 heteroatoms. The van der Waals surface area contributed by atoms with E-state index in [1.54, 1.807) is 23.1 Å². The third-order valence-corrected chi connectivity index (χ3v) is 4.86. The Morgan fingerprint density at radius 3 is 2.89 bits per heavy atom. The van der Waals surface area contributed by atoms with Crippen LogP contribution in [0.2, 0.25) is 0 Å². The maximum Gasteiger partial charge on any atom is 0.326 e. The minimum absolute atomic E-state index is 0.234. The topological polar surface area (TPSA) is 66.4 Å². The predicted octanol–water partition coefficient (Wildman–Crippen LogP) is 2.16. The molecule has 1 rings (SSSR count). The maximum atomic E-state index is 11.6. The van der Waals surface area contributed by atoms with Crippen molar-refractivity contribution >= 4 is 46.7 Å². The van der Waals surface area contributed by atoms with Crippen LogP contribution in [0.3, 0.4) is 0 Å². The van der Waals surface area contributed by atoms with E-state index in [0.29, 0.717) is 6.42 Å². The van der Waals surface area contributed by atoms with Crippen molar-refractivity contribution in [2.75, 3.05) is 17.8 Å². The molecule has 1 aromatic heterocycles. The number of carboxylic acid groups (broad SMARTS) is 1. The van der Waals surface area contributed by atoms with Gasteiger partial charge in [-0.1, -0.05) is 6.07 Å². The van der Waals surface area contributed by atoms with Crippen LogP contribution in [0.1, 0.15) is 6.42 Å². The molecule has 0 radical (unpaired) electrons. The lowest BCUT2D eigenvalue weighted by molar-refractivity contribution is -0.141. The van der Waals surface area contributed by atoms with Crippen molar-refractivity contribution < 1.29 is 14.7 Å². The van der Waals surface area contributed by atoms with Crippen molar-refractivity contribution in [2.24, 2.45) is 0 Å². The molecule has 0 spiro atoms. The molecule has 1 atom stereocenters. The number of carboxylic acids is 1. The van der Waals surface area contributed by atoms with Crippen molar-refractivity contribution in [2.45, 2.75) is 16.7 Å². The first kappa shape index (κ1) is 15.4. The average Bonchev–Trinajstić information content (AvgIpc) is 2.84. The lowest BCUT2D eigenvalue weighted by Crippen LogP contribution is -2.42. The van der Waals surface area contributed by atoms with Crippen LogP contribution in [0.15, 0.2) is 21.7 Å². The molecule has 0 fully saturated rings. The Morgan fingerprint density at radius 2 is 2.33 bits per heavy atom. The first-order chi connectivity index (χ1) is 8.63. The Kier molecular flexibility index (Phi) is 7.22. The SMILES string of the molecule is CSCC[C@H](NC(=O)CSc1cccs1)C(=O)O. The Morgan fingerprint density at radius 1 is 1.56 bits per heavy atom. The van der Waals surface area contributed by atoms with Gasteiger partial charge in [-0.15, -0.1) is 23.1 Å². The Labute approximate surface area is 119 Å².